The Morgan fingerprint density at radius 2 is 0.569 bits per heavy atom. The van der Waals surface area contributed by atoms with Crippen LogP contribution in [-0.2, 0) is 0 Å². The first-order valence-corrected chi connectivity index (χ1v) is 19.7. The van der Waals surface area contributed by atoms with Gasteiger partial charge in [-0.3, -0.25) is 0 Å². The van der Waals surface area contributed by atoms with Gasteiger partial charge in [-0.25, -0.2) is 0 Å². The topological polar surface area (TPSA) is 16.4 Å². The Kier molecular flexibility index (Phi) is 9.27. The Morgan fingerprint density at radius 1 is 0.241 bits per heavy atom. The number of furan rings is 1. The standard InChI is InChI=1S/C56H39NO/c1-3-10-40(11-4-1)42-18-22-44(23-19-42)46-26-32-52(33-27-46)57(53-34-28-47(29-35-53)45-24-20-43(21-25-45)41-12-5-2-6-13-41)54-36-30-48(31-37-54)49-15-9-16-50(38-49)56-39-51-14-7-8-17-55(51)58-56/h1-39H. The van der Waals surface area contributed by atoms with E-state index in [1.165, 1.54) is 44.5 Å². The van der Waals surface area contributed by atoms with Crippen molar-refractivity contribution >= 4 is 28.0 Å². The summed E-state index contributed by atoms with van der Waals surface area (Å²) in [5, 5.41) is 1.11. The van der Waals surface area contributed by atoms with Gasteiger partial charge in [-0.15, -0.1) is 0 Å². The van der Waals surface area contributed by atoms with Crippen molar-refractivity contribution in [3.8, 4) is 67.0 Å². The number of hydrogen-bond donors (Lipinski definition) is 0. The number of hydrogen-bond acceptors (Lipinski definition) is 2. The molecule has 9 aromatic carbocycles. The van der Waals surface area contributed by atoms with Gasteiger partial charge in [0, 0.05) is 28.0 Å². The molecule has 0 aliphatic heterocycles. The normalized spacial score (nSPS) is 11.1. The van der Waals surface area contributed by atoms with Gasteiger partial charge in [0.15, 0.2) is 0 Å². The first-order chi connectivity index (χ1) is 28.7. The number of fused-ring (bicyclic) bond motifs is 1. The predicted octanol–water partition coefficient (Wildman–Crippen LogP) is 15.9. The zero-order valence-corrected chi connectivity index (χ0v) is 31.9. The minimum atomic E-state index is 0.872. The predicted molar refractivity (Wildman–Crippen MR) is 244 cm³/mol. The molecule has 0 N–H and O–H groups in total. The molecular weight excluding hydrogens is 703 g/mol. The molecule has 2 nitrogen and oxygen atoms in total. The molecule has 0 radical (unpaired) electrons. The summed E-state index contributed by atoms with van der Waals surface area (Å²) < 4.78 is 6.21. The lowest BCUT2D eigenvalue weighted by molar-refractivity contribution is 0.631. The lowest BCUT2D eigenvalue weighted by Gasteiger charge is -2.26. The van der Waals surface area contributed by atoms with Crippen LogP contribution in [0, 0.1) is 0 Å². The number of anilines is 3. The van der Waals surface area contributed by atoms with Gasteiger partial charge in [-0.1, -0.05) is 182 Å². The maximum Gasteiger partial charge on any atom is 0.135 e. The molecule has 0 spiro atoms. The Morgan fingerprint density at radius 3 is 1.00 bits per heavy atom. The van der Waals surface area contributed by atoms with Gasteiger partial charge in [0.25, 0.3) is 0 Å². The minimum absolute atomic E-state index is 0.872. The molecule has 10 rings (SSSR count). The fourth-order valence-electron chi connectivity index (χ4n) is 7.80. The molecule has 0 saturated heterocycles. The Balaban J connectivity index is 0.964. The van der Waals surface area contributed by atoms with E-state index in [4.69, 9.17) is 4.42 Å². The third kappa shape index (κ3) is 7.11. The average molecular weight is 742 g/mol. The smallest absolute Gasteiger partial charge is 0.135 e. The number of rotatable bonds is 9. The molecule has 0 aliphatic carbocycles. The van der Waals surface area contributed by atoms with E-state index in [2.05, 4.69) is 223 Å². The summed E-state index contributed by atoms with van der Waals surface area (Å²) in [6, 6.07) is 84.2. The van der Waals surface area contributed by atoms with E-state index in [-0.39, 0.29) is 0 Å². The lowest BCUT2D eigenvalue weighted by Crippen LogP contribution is -2.09. The first-order valence-electron chi connectivity index (χ1n) is 19.7. The van der Waals surface area contributed by atoms with Crippen molar-refractivity contribution in [1.82, 2.24) is 0 Å². The number of para-hydroxylation sites is 1. The van der Waals surface area contributed by atoms with Crippen molar-refractivity contribution in [3.05, 3.63) is 237 Å². The SMILES string of the molecule is c1ccc(-c2ccc(-c3ccc(N(c4ccc(-c5ccc(-c6ccccc6)cc5)cc4)c4ccc(-c5cccc(-c6cc7ccccc7o6)c5)cc4)cc3)cc2)cc1. The van der Waals surface area contributed by atoms with Crippen LogP contribution >= 0.6 is 0 Å². The van der Waals surface area contributed by atoms with Crippen LogP contribution in [0.4, 0.5) is 17.1 Å². The number of nitrogens with zero attached hydrogens (tertiary/aromatic N) is 1. The average Bonchev–Trinajstić information content (AvgIpc) is 3.76. The second-order valence-electron chi connectivity index (χ2n) is 14.6. The molecule has 10 aromatic rings. The van der Waals surface area contributed by atoms with Gasteiger partial charge in [-0.05, 0) is 110 Å². The first kappa shape index (κ1) is 34.8. The van der Waals surface area contributed by atoms with Crippen molar-refractivity contribution < 1.29 is 4.42 Å². The van der Waals surface area contributed by atoms with Crippen molar-refractivity contribution in [3.63, 3.8) is 0 Å². The van der Waals surface area contributed by atoms with Crippen LogP contribution in [-0.4, -0.2) is 0 Å². The molecule has 0 atom stereocenters. The van der Waals surface area contributed by atoms with E-state index in [9.17, 15) is 0 Å². The molecule has 58 heavy (non-hydrogen) atoms. The molecule has 0 fully saturated rings. The molecule has 0 saturated carbocycles. The highest BCUT2D eigenvalue weighted by molar-refractivity contribution is 5.85. The summed E-state index contributed by atoms with van der Waals surface area (Å²) in [7, 11) is 0. The van der Waals surface area contributed by atoms with Crippen molar-refractivity contribution in [2.75, 3.05) is 4.90 Å². The van der Waals surface area contributed by atoms with Crippen LogP contribution in [0.1, 0.15) is 0 Å². The van der Waals surface area contributed by atoms with Gasteiger partial charge in [0.05, 0.1) is 0 Å². The molecule has 0 aliphatic rings. The Labute approximate surface area is 339 Å². The van der Waals surface area contributed by atoms with Crippen LogP contribution in [0.5, 0.6) is 0 Å². The van der Waals surface area contributed by atoms with Crippen LogP contribution in [0.3, 0.4) is 0 Å². The third-order valence-electron chi connectivity index (χ3n) is 10.9. The molecule has 2 heteroatoms. The summed E-state index contributed by atoms with van der Waals surface area (Å²) in [6.45, 7) is 0. The number of benzene rings is 9. The van der Waals surface area contributed by atoms with Crippen molar-refractivity contribution in [2.45, 2.75) is 0 Å². The summed E-state index contributed by atoms with van der Waals surface area (Å²) in [5.41, 5.74) is 17.1. The zero-order chi connectivity index (χ0) is 38.7. The van der Waals surface area contributed by atoms with E-state index in [1.54, 1.807) is 0 Å². The van der Waals surface area contributed by atoms with E-state index >= 15 is 0 Å². The quantitative estimate of drug-likeness (QED) is 0.146. The third-order valence-corrected chi connectivity index (χ3v) is 10.9. The van der Waals surface area contributed by atoms with E-state index < -0.39 is 0 Å². The summed E-state index contributed by atoms with van der Waals surface area (Å²) >= 11 is 0. The highest BCUT2D eigenvalue weighted by atomic mass is 16.3. The van der Waals surface area contributed by atoms with Crippen LogP contribution in [0.25, 0.3) is 77.9 Å². The van der Waals surface area contributed by atoms with E-state index in [0.29, 0.717) is 0 Å². The van der Waals surface area contributed by atoms with Gasteiger partial charge < -0.3 is 9.32 Å². The van der Waals surface area contributed by atoms with Crippen molar-refractivity contribution in [2.24, 2.45) is 0 Å². The zero-order valence-electron chi connectivity index (χ0n) is 31.9. The molecule has 1 heterocycles. The fraction of sp³-hybridized carbons (Fsp3) is 0. The van der Waals surface area contributed by atoms with Gasteiger partial charge in [0.1, 0.15) is 11.3 Å². The monoisotopic (exact) mass is 741 g/mol. The summed E-state index contributed by atoms with van der Waals surface area (Å²) in [4.78, 5) is 2.33. The largest absolute Gasteiger partial charge is 0.456 e. The fourth-order valence-corrected chi connectivity index (χ4v) is 7.80. The molecule has 1 aromatic heterocycles. The van der Waals surface area contributed by atoms with Gasteiger partial charge in [-0.2, -0.15) is 0 Å². The maximum atomic E-state index is 6.21. The highest BCUT2D eigenvalue weighted by Crippen LogP contribution is 2.39. The second-order valence-corrected chi connectivity index (χ2v) is 14.6. The Bertz CT molecular complexity index is 2770. The van der Waals surface area contributed by atoms with Crippen LogP contribution < -0.4 is 4.90 Å². The second kappa shape index (κ2) is 15.5. The highest BCUT2D eigenvalue weighted by Gasteiger charge is 2.15. The van der Waals surface area contributed by atoms with Crippen molar-refractivity contribution in [1.29, 1.82) is 0 Å². The molecule has 0 unspecified atom stereocenters. The molecule has 0 bridgehead atoms. The molecule has 0 amide bonds. The van der Waals surface area contributed by atoms with Gasteiger partial charge >= 0.3 is 0 Å². The minimum Gasteiger partial charge on any atom is -0.456 e. The summed E-state index contributed by atoms with van der Waals surface area (Å²) in [5.74, 6) is 0.872. The van der Waals surface area contributed by atoms with E-state index in [1.807, 2.05) is 18.2 Å². The van der Waals surface area contributed by atoms with E-state index in [0.717, 1.165) is 50.5 Å². The van der Waals surface area contributed by atoms with Crippen LogP contribution in [0.2, 0.25) is 0 Å². The summed E-state index contributed by atoms with van der Waals surface area (Å²) in [6.07, 6.45) is 0. The lowest BCUT2D eigenvalue weighted by atomic mass is 9.99. The van der Waals surface area contributed by atoms with Crippen LogP contribution in [0.15, 0.2) is 241 Å². The molecular formula is C56H39NO. The molecule has 274 valence electrons. The Hall–Kier alpha value is -7.68. The van der Waals surface area contributed by atoms with Gasteiger partial charge in [0.2, 0.25) is 0 Å². The maximum absolute atomic E-state index is 6.21.